The summed E-state index contributed by atoms with van der Waals surface area (Å²) in [6.07, 6.45) is 7.94. The van der Waals surface area contributed by atoms with E-state index in [1.54, 1.807) is 0 Å². The van der Waals surface area contributed by atoms with Crippen molar-refractivity contribution in [3.8, 4) is 5.75 Å². The zero-order valence-electron chi connectivity index (χ0n) is 11.1. The van der Waals surface area contributed by atoms with Gasteiger partial charge in [-0.25, -0.2) is 0 Å². The Morgan fingerprint density at radius 1 is 1.16 bits per heavy atom. The number of hydrogen-bond acceptors (Lipinski definition) is 2. The lowest BCUT2D eigenvalue weighted by Crippen LogP contribution is -2.32. The molecule has 1 aromatic rings. The van der Waals surface area contributed by atoms with E-state index in [0.29, 0.717) is 0 Å². The van der Waals surface area contributed by atoms with Crippen LogP contribution in [0.1, 0.15) is 38.5 Å². The quantitative estimate of drug-likeness (QED) is 0.697. The van der Waals surface area contributed by atoms with Gasteiger partial charge in [-0.15, -0.1) is 0 Å². The maximum absolute atomic E-state index is 5.77. The van der Waals surface area contributed by atoms with Crippen LogP contribution in [0.25, 0.3) is 0 Å². The van der Waals surface area contributed by atoms with Crippen molar-refractivity contribution in [2.24, 2.45) is 0 Å². The molecule has 1 N–H and O–H groups in total. The first-order valence-corrected chi connectivity index (χ1v) is 8.65. The summed E-state index contributed by atoms with van der Waals surface area (Å²) in [5, 5.41) is 3.63. The minimum absolute atomic E-state index is 0.744. The summed E-state index contributed by atoms with van der Waals surface area (Å²) in [4.78, 5) is 0. The van der Waals surface area contributed by atoms with Gasteiger partial charge in [0.1, 0.15) is 5.75 Å². The molecule has 0 radical (unpaired) electrons. The van der Waals surface area contributed by atoms with Crippen LogP contribution in [0.15, 0.2) is 27.1 Å². The van der Waals surface area contributed by atoms with Crippen LogP contribution in [-0.2, 0) is 0 Å². The molecule has 1 aliphatic rings. The zero-order chi connectivity index (χ0) is 13.5. The maximum Gasteiger partial charge on any atom is 0.133 e. The molecule has 0 aromatic heterocycles. The van der Waals surface area contributed by atoms with Crippen LogP contribution >= 0.6 is 31.9 Å². The number of rotatable bonds is 6. The minimum Gasteiger partial charge on any atom is -0.492 e. The second-order valence-corrected chi connectivity index (χ2v) is 6.84. The first kappa shape index (κ1) is 15.3. The van der Waals surface area contributed by atoms with E-state index in [9.17, 15) is 0 Å². The standard InChI is InChI=1S/C15H21Br2NO/c16-12-7-8-15(14(17)11-12)19-10-4-9-18-13-5-2-1-3-6-13/h7-8,11,13,18H,1-6,9-10H2. The average Bonchev–Trinajstić information content (AvgIpc) is 2.42. The van der Waals surface area contributed by atoms with Crippen molar-refractivity contribution in [1.29, 1.82) is 0 Å². The van der Waals surface area contributed by atoms with Crippen molar-refractivity contribution in [3.05, 3.63) is 27.1 Å². The Morgan fingerprint density at radius 2 is 1.95 bits per heavy atom. The summed E-state index contributed by atoms with van der Waals surface area (Å²) in [5.74, 6) is 0.917. The number of nitrogens with one attached hydrogen (secondary N) is 1. The van der Waals surface area contributed by atoms with Gasteiger partial charge in [0.15, 0.2) is 0 Å². The molecule has 19 heavy (non-hydrogen) atoms. The maximum atomic E-state index is 5.77. The van der Waals surface area contributed by atoms with Gasteiger partial charge in [-0.2, -0.15) is 0 Å². The Kier molecular flexibility index (Phi) is 6.68. The smallest absolute Gasteiger partial charge is 0.133 e. The molecule has 1 aliphatic carbocycles. The summed E-state index contributed by atoms with van der Waals surface area (Å²) in [5.41, 5.74) is 0. The lowest BCUT2D eigenvalue weighted by atomic mass is 9.95. The molecule has 0 saturated heterocycles. The number of benzene rings is 1. The Morgan fingerprint density at radius 3 is 2.68 bits per heavy atom. The second-order valence-electron chi connectivity index (χ2n) is 5.07. The van der Waals surface area contributed by atoms with Gasteiger partial charge < -0.3 is 10.1 Å². The predicted octanol–water partition coefficient (Wildman–Crippen LogP) is 4.90. The first-order chi connectivity index (χ1) is 9.25. The van der Waals surface area contributed by atoms with Crippen molar-refractivity contribution in [3.63, 3.8) is 0 Å². The molecule has 4 heteroatoms. The van der Waals surface area contributed by atoms with E-state index in [1.807, 2.05) is 18.2 Å². The lowest BCUT2D eigenvalue weighted by Gasteiger charge is -2.22. The summed E-state index contributed by atoms with van der Waals surface area (Å²) < 4.78 is 7.84. The molecule has 0 amide bonds. The normalized spacial score (nSPS) is 16.5. The number of hydrogen-bond donors (Lipinski definition) is 1. The van der Waals surface area contributed by atoms with Crippen molar-refractivity contribution < 1.29 is 4.74 Å². The molecule has 0 aliphatic heterocycles. The van der Waals surface area contributed by atoms with Gasteiger partial charge in [-0.3, -0.25) is 0 Å². The molecule has 1 fully saturated rings. The summed E-state index contributed by atoms with van der Waals surface area (Å²) in [6.45, 7) is 1.82. The summed E-state index contributed by atoms with van der Waals surface area (Å²) >= 11 is 6.95. The Bertz CT molecular complexity index is 392. The van der Waals surface area contributed by atoms with Gasteiger partial charge in [0.05, 0.1) is 11.1 Å². The van der Waals surface area contributed by atoms with Crippen molar-refractivity contribution >= 4 is 31.9 Å². The van der Waals surface area contributed by atoms with Crippen LogP contribution in [0.2, 0.25) is 0 Å². The predicted molar refractivity (Wildman–Crippen MR) is 86.8 cm³/mol. The van der Waals surface area contributed by atoms with E-state index in [-0.39, 0.29) is 0 Å². The van der Waals surface area contributed by atoms with E-state index in [2.05, 4.69) is 37.2 Å². The summed E-state index contributed by atoms with van der Waals surface area (Å²) in [6, 6.07) is 6.74. The highest BCUT2D eigenvalue weighted by Gasteiger charge is 2.11. The van der Waals surface area contributed by atoms with Gasteiger partial charge in [-0.05, 0) is 59.9 Å². The fourth-order valence-corrected chi connectivity index (χ4v) is 3.62. The first-order valence-electron chi connectivity index (χ1n) is 7.07. The van der Waals surface area contributed by atoms with Gasteiger partial charge in [-0.1, -0.05) is 35.2 Å². The highest BCUT2D eigenvalue weighted by molar-refractivity contribution is 9.11. The van der Waals surface area contributed by atoms with E-state index in [1.165, 1.54) is 32.1 Å². The zero-order valence-corrected chi connectivity index (χ0v) is 14.3. The SMILES string of the molecule is Brc1ccc(OCCCNC2CCCCC2)c(Br)c1. The molecule has 0 atom stereocenters. The molecule has 0 unspecified atom stereocenters. The van der Waals surface area contributed by atoms with Gasteiger partial charge in [0.2, 0.25) is 0 Å². The van der Waals surface area contributed by atoms with Crippen LogP contribution in [-0.4, -0.2) is 19.2 Å². The summed E-state index contributed by atoms with van der Waals surface area (Å²) in [7, 11) is 0. The molecule has 0 spiro atoms. The van der Waals surface area contributed by atoms with E-state index >= 15 is 0 Å². The van der Waals surface area contributed by atoms with Crippen LogP contribution < -0.4 is 10.1 Å². The molecular formula is C15H21Br2NO. The van der Waals surface area contributed by atoms with Gasteiger partial charge in [0.25, 0.3) is 0 Å². The van der Waals surface area contributed by atoms with Gasteiger partial charge in [0, 0.05) is 10.5 Å². The molecule has 0 heterocycles. The van der Waals surface area contributed by atoms with E-state index < -0.39 is 0 Å². The second kappa shape index (κ2) is 8.28. The Labute approximate surface area is 132 Å². The minimum atomic E-state index is 0.744. The molecule has 1 saturated carbocycles. The van der Waals surface area contributed by atoms with Crippen molar-refractivity contribution in [2.45, 2.75) is 44.6 Å². The van der Waals surface area contributed by atoms with E-state index in [4.69, 9.17) is 4.74 Å². The highest BCUT2D eigenvalue weighted by atomic mass is 79.9. The molecule has 0 bridgehead atoms. The van der Waals surface area contributed by atoms with Crippen molar-refractivity contribution in [2.75, 3.05) is 13.2 Å². The Hall–Kier alpha value is -0.0600. The third-order valence-electron chi connectivity index (χ3n) is 3.51. The third-order valence-corrected chi connectivity index (χ3v) is 4.62. The van der Waals surface area contributed by atoms with Crippen LogP contribution in [0.3, 0.4) is 0 Å². The number of halogens is 2. The molecule has 1 aromatic carbocycles. The van der Waals surface area contributed by atoms with Crippen LogP contribution in [0.5, 0.6) is 5.75 Å². The fourth-order valence-electron chi connectivity index (χ4n) is 2.46. The third kappa shape index (κ3) is 5.44. The topological polar surface area (TPSA) is 21.3 Å². The average molecular weight is 391 g/mol. The van der Waals surface area contributed by atoms with Crippen LogP contribution in [0, 0.1) is 0 Å². The Balaban J connectivity index is 1.61. The largest absolute Gasteiger partial charge is 0.492 e. The molecular weight excluding hydrogens is 370 g/mol. The van der Waals surface area contributed by atoms with Crippen molar-refractivity contribution in [1.82, 2.24) is 5.32 Å². The molecule has 106 valence electrons. The van der Waals surface area contributed by atoms with Gasteiger partial charge >= 0.3 is 0 Å². The highest BCUT2D eigenvalue weighted by Crippen LogP contribution is 2.28. The lowest BCUT2D eigenvalue weighted by molar-refractivity contribution is 0.295. The fraction of sp³-hybridized carbons (Fsp3) is 0.600. The van der Waals surface area contributed by atoms with Crippen LogP contribution in [0.4, 0.5) is 0 Å². The molecule has 2 rings (SSSR count). The molecule has 2 nitrogen and oxygen atoms in total. The van der Waals surface area contributed by atoms with E-state index in [0.717, 1.165) is 40.3 Å². The monoisotopic (exact) mass is 389 g/mol. The number of ether oxygens (including phenoxy) is 1.